The van der Waals surface area contributed by atoms with Crippen molar-refractivity contribution in [2.75, 3.05) is 24.5 Å². The highest BCUT2D eigenvalue weighted by atomic mass is 79.9. The van der Waals surface area contributed by atoms with Crippen molar-refractivity contribution in [3.05, 3.63) is 33.8 Å². The van der Waals surface area contributed by atoms with Crippen molar-refractivity contribution in [3.8, 4) is 0 Å². The third kappa shape index (κ3) is 3.77. The first-order valence-corrected chi connectivity index (χ1v) is 9.89. The van der Waals surface area contributed by atoms with Gasteiger partial charge in [-0.15, -0.1) is 0 Å². The van der Waals surface area contributed by atoms with E-state index < -0.39 is 0 Å². The standard InChI is InChI=1S/C19H23BrClN3O/c1-4-24(19(25)12(2)3)15-7-8-23(11-15)18-16(20)10-13-9-14(21)5-6-17(13)22-18/h5-6,9-10,12,15H,4,7-8,11H2,1-3H3/t15-/m0/s1. The highest BCUT2D eigenvalue weighted by Gasteiger charge is 2.32. The summed E-state index contributed by atoms with van der Waals surface area (Å²) in [6.07, 6.45) is 0.971. The van der Waals surface area contributed by atoms with Crippen molar-refractivity contribution < 1.29 is 4.79 Å². The molecule has 1 atom stereocenters. The van der Waals surface area contributed by atoms with E-state index >= 15 is 0 Å². The zero-order valence-corrected chi connectivity index (χ0v) is 17.1. The molecule has 134 valence electrons. The van der Waals surface area contributed by atoms with E-state index in [1.165, 1.54) is 0 Å². The highest BCUT2D eigenvalue weighted by molar-refractivity contribution is 9.10. The van der Waals surface area contributed by atoms with Gasteiger partial charge in [-0.25, -0.2) is 4.98 Å². The molecule has 2 aromatic rings. The lowest BCUT2D eigenvalue weighted by Gasteiger charge is -2.29. The van der Waals surface area contributed by atoms with Gasteiger partial charge < -0.3 is 9.80 Å². The summed E-state index contributed by atoms with van der Waals surface area (Å²) in [6, 6.07) is 8.04. The van der Waals surface area contributed by atoms with Crippen molar-refractivity contribution in [3.63, 3.8) is 0 Å². The summed E-state index contributed by atoms with van der Waals surface area (Å²) in [6.45, 7) is 8.44. The zero-order chi connectivity index (χ0) is 18.1. The molecular weight excluding hydrogens is 402 g/mol. The maximum Gasteiger partial charge on any atom is 0.225 e. The Morgan fingerprint density at radius 1 is 1.44 bits per heavy atom. The molecule has 1 aromatic heterocycles. The predicted octanol–water partition coefficient (Wildman–Crippen LogP) is 4.73. The molecule has 0 radical (unpaired) electrons. The van der Waals surface area contributed by atoms with Gasteiger partial charge in [-0.1, -0.05) is 25.4 Å². The number of hydrogen-bond acceptors (Lipinski definition) is 3. The lowest BCUT2D eigenvalue weighted by molar-refractivity contribution is -0.136. The first-order chi connectivity index (χ1) is 11.9. The monoisotopic (exact) mass is 423 g/mol. The van der Waals surface area contributed by atoms with Gasteiger partial charge >= 0.3 is 0 Å². The maximum absolute atomic E-state index is 12.4. The SMILES string of the molecule is CCN(C(=O)C(C)C)[C@H]1CCN(c2nc3ccc(Cl)cc3cc2Br)C1. The normalized spacial score (nSPS) is 17.5. The van der Waals surface area contributed by atoms with E-state index in [0.29, 0.717) is 5.02 Å². The number of halogens is 2. The molecule has 1 aromatic carbocycles. The molecule has 0 unspecified atom stereocenters. The number of nitrogens with zero attached hydrogens (tertiary/aromatic N) is 3. The minimum atomic E-state index is 0.0317. The predicted molar refractivity (Wildman–Crippen MR) is 107 cm³/mol. The molecule has 1 fully saturated rings. The van der Waals surface area contributed by atoms with Crippen LogP contribution in [0.4, 0.5) is 5.82 Å². The molecule has 1 aliphatic heterocycles. The first kappa shape index (κ1) is 18.5. The van der Waals surface area contributed by atoms with Crippen LogP contribution in [0.5, 0.6) is 0 Å². The third-order valence-electron chi connectivity index (χ3n) is 4.73. The molecule has 2 heterocycles. The number of carbonyl (C=O) groups excluding carboxylic acids is 1. The van der Waals surface area contributed by atoms with Crippen LogP contribution in [0.1, 0.15) is 27.2 Å². The van der Waals surface area contributed by atoms with E-state index in [1.807, 2.05) is 36.9 Å². The smallest absolute Gasteiger partial charge is 0.225 e. The highest BCUT2D eigenvalue weighted by Crippen LogP contribution is 2.32. The summed E-state index contributed by atoms with van der Waals surface area (Å²) in [5.41, 5.74) is 0.927. The van der Waals surface area contributed by atoms with Crippen molar-refractivity contribution in [2.24, 2.45) is 5.92 Å². The van der Waals surface area contributed by atoms with Crippen LogP contribution in [0, 0.1) is 5.92 Å². The van der Waals surface area contributed by atoms with Gasteiger partial charge in [-0.05, 0) is 53.5 Å². The fourth-order valence-electron chi connectivity index (χ4n) is 3.45. The van der Waals surface area contributed by atoms with Crippen molar-refractivity contribution in [1.82, 2.24) is 9.88 Å². The largest absolute Gasteiger partial charge is 0.354 e. The number of likely N-dealkylation sites (N-methyl/N-ethyl adjacent to an activating group) is 1. The van der Waals surface area contributed by atoms with Crippen molar-refractivity contribution in [1.29, 1.82) is 0 Å². The van der Waals surface area contributed by atoms with E-state index in [-0.39, 0.29) is 17.9 Å². The molecule has 0 bridgehead atoms. The number of carbonyl (C=O) groups is 1. The molecule has 6 heteroatoms. The Balaban J connectivity index is 1.84. The lowest BCUT2D eigenvalue weighted by Crippen LogP contribution is -2.43. The fourth-order valence-corrected chi connectivity index (χ4v) is 4.21. The molecule has 1 saturated heterocycles. The summed E-state index contributed by atoms with van der Waals surface area (Å²) >= 11 is 9.72. The van der Waals surface area contributed by atoms with Crippen LogP contribution in [0.25, 0.3) is 10.9 Å². The topological polar surface area (TPSA) is 36.4 Å². The molecule has 3 rings (SSSR count). The van der Waals surface area contributed by atoms with Crippen molar-refractivity contribution >= 4 is 50.2 Å². The van der Waals surface area contributed by atoms with Gasteiger partial charge in [-0.3, -0.25) is 4.79 Å². The Kier molecular flexibility index (Phi) is 5.54. The van der Waals surface area contributed by atoms with Crippen LogP contribution in [0.15, 0.2) is 28.7 Å². The molecule has 1 aliphatic rings. The molecule has 25 heavy (non-hydrogen) atoms. The van der Waals surface area contributed by atoms with Crippen LogP contribution in [-0.4, -0.2) is 41.5 Å². The summed E-state index contributed by atoms with van der Waals surface area (Å²) in [5.74, 6) is 1.20. The van der Waals surface area contributed by atoms with Gasteiger partial charge in [0.15, 0.2) is 0 Å². The number of anilines is 1. The molecule has 4 nitrogen and oxygen atoms in total. The average molecular weight is 425 g/mol. The Morgan fingerprint density at radius 2 is 2.20 bits per heavy atom. The van der Waals surface area contributed by atoms with Crippen molar-refractivity contribution in [2.45, 2.75) is 33.2 Å². The van der Waals surface area contributed by atoms with Crippen LogP contribution in [0.3, 0.4) is 0 Å². The van der Waals surface area contributed by atoms with E-state index in [9.17, 15) is 4.79 Å². The molecule has 0 N–H and O–H groups in total. The molecular formula is C19H23BrClN3O. The lowest BCUT2D eigenvalue weighted by atomic mass is 10.1. The van der Waals surface area contributed by atoms with Crippen LogP contribution in [0.2, 0.25) is 5.02 Å². The summed E-state index contributed by atoms with van der Waals surface area (Å²) in [7, 11) is 0. The average Bonchev–Trinajstić information content (AvgIpc) is 3.04. The van der Waals surface area contributed by atoms with E-state index in [2.05, 4.69) is 33.8 Å². The van der Waals surface area contributed by atoms with Crippen LogP contribution >= 0.6 is 27.5 Å². The summed E-state index contributed by atoms with van der Waals surface area (Å²) < 4.78 is 0.959. The van der Waals surface area contributed by atoms with Gasteiger partial charge in [-0.2, -0.15) is 0 Å². The Bertz CT molecular complexity index is 796. The number of rotatable bonds is 4. The van der Waals surface area contributed by atoms with Gasteiger partial charge in [0.1, 0.15) is 5.82 Å². The zero-order valence-electron chi connectivity index (χ0n) is 14.8. The number of hydrogen-bond donors (Lipinski definition) is 0. The number of amides is 1. The number of benzene rings is 1. The fraction of sp³-hybridized carbons (Fsp3) is 0.474. The van der Waals surface area contributed by atoms with Crippen LogP contribution in [-0.2, 0) is 4.79 Å². The Hall–Kier alpha value is -1.33. The second kappa shape index (κ2) is 7.50. The summed E-state index contributed by atoms with van der Waals surface area (Å²) in [5, 5.41) is 1.73. The molecule has 0 spiro atoms. The Morgan fingerprint density at radius 3 is 2.88 bits per heavy atom. The maximum atomic E-state index is 12.4. The Labute approximate surface area is 162 Å². The second-order valence-electron chi connectivity index (χ2n) is 6.80. The molecule has 0 saturated carbocycles. The van der Waals surface area contributed by atoms with Gasteiger partial charge in [0, 0.05) is 36.0 Å². The summed E-state index contributed by atoms with van der Waals surface area (Å²) in [4.78, 5) is 21.5. The minimum absolute atomic E-state index is 0.0317. The van der Waals surface area contributed by atoms with Gasteiger partial charge in [0.25, 0.3) is 0 Å². The number of pyridine rings is 1. The van der Waals surface area contributed by atoms with E-state index in [4.69, 9.17) is 16.6 Å². The van der Waals surface area contributed by atoms with Gasteiger partial charge in [0.05, 0.1) is 16.0 Å². The van der Waals surface area contributed by atoms with Crippen LogP contribution < -0.4 is 4.90 Å². The number of aromatic nitrogens is 1. The van der Waals surface area contributed by atoms with Gasteiger partial charge in [0.2, 0.25) is 5.91 Å². The first-order valence-electron chi connectivity index (χ1n) is 8.72. The second-order valence-corrected chi connectivity index (χ2v) is 8.09. The third-order valence-corrected chi connectivity index (χ3v) is 5.55. The molecule has 1 amide bonds. The molecule has 0 aliphatic carbocycles. The number of fused-ring (bicyclic) bond motifs is 1. The van der Waals surface area contributed by atoms with E-state index in [1.54, 1.807) is 0 Å². The minimum Gasteiger partial charge on any atom is -0.354 e. The quantitative estimate of drug-likeness (QED) is 0.711. The van der Waals surface area contributed by atoms with E-state index in [0.717, 1.165) is 47.2 Å².